The molecule has 0 spiro atoms. The zero-order valence-corrected chi connectivity index (χ0v) is 45.5. The molecule has 0 unspecified atom stereocenters. The molecular formula is C76H60N4. The molecule has 0 aromatic heterocycles. The van der Waals surface area contributed by atoms with Crippen LogP contribution >= 0.6 is 0 Å². The van der Waals surface area contributed by atoms with E-state index in [4.69, 9.17) is 0 Å². The zero-order valence-electron chi connectivity index (χ0n) is 45.5. The van der Waals surface area contributed by atoms with Gasteiger partial charge in [-0.1, -0.05) is 164 Å². The summed E-state index contributed by atoms with van der Waals surface area (Å²) in [4.78, 5) is 9.63. The van der Waals surface area contributed by atoms with E-state index in [9.17, 15) is 0 Å². The molecule has 0 aliphatic heterocycles. The Morgan fingerprint density at radius 2 is 0.425 bits per heavy atom. The van der Waals surface area contributed by atoms with Gasteiger partial charge in [-0.15, -0.1) is 0 Å². The monoisotopic (exact) mass is 1030 g/mol. The van der Waals surface area contributed by atoms with Crippen LogP contribution < -0.4 is 19.6 Å². The van der Waals surface area contributed by atoms with Crippen molar-refractivity contribution in [3.8, 4) is 44.5 Å². The van der Waals surface area contributed by atoms with Gasteiger partial charge in [-0.3, -0.25) is 0 Å². The summed E-state index contributed by atoms with van der Waals surface area (Å²) in [5.41, 5.74) is 27.0. The lowest BCUT2D eigenvalue weighted by Gasteiger charge is -2.32. The van der Waals surface area contributed by atoms with Gasteiger partial charge in [-0.25, -0.2) is 0 Å². The Morgan fingerprint density at radius 1 is 0.175 bits per heavy atom. The summed E-state index contributed by atoms with van der Waals surface area (Å²) in [6.45, 7) is 8.79. The lowest BCUT2D eigenvalue weighted by atomic mass is 9.80. The van der Waals surface area contributed by atoms with E-state index >= 15 is 0 Å². The Hall–Kier alpha value is -10.2. The molecule has 0 radical (unpaired) electrons. The second-order valence-electron chi connectivity index (χ2n) is 20.8. The highest BCUT2D eigenvalue weighted by Crippen LogP contribution is 2.54. The normalized spacial score (nSPS) is 11.2. The fraction of sp³-hybridized carbons (Fsp3) is 0.0526. The number of para-hydroxylation sites is 7. The molecule has 384 valence electrons. The fourth-order valence-electron chi connectivity index (χ4n) is 11.8. The van der Waals surface area contributed by atoms with Crippen molar-refractivity contribution >= 4 is 68.2 Å². The van der Waals surface area contributed by atoms with Gasteiger partial charge in [0.2, 0.25) is 0 Å². The molecule has 0 saturated carbocycles. The summed E-state index contributed by atoms with van der Waals surface area (Å²) in [6.07, 6.45) is 0. The molecule has 12 aromatic rings. The standard InChI is InChI=1S/C76H60N4/c1-53-24-23-36-61(48-53)77(57-28-9-5-10-29-57)62-40-44-66-67-45-41-64(79(59-32-13-7-14-33-59)75-38-21-18-26-55(75)3)51-72(67)73-52-65(80(60-34-15-8-16-35-60)76-39-22-19-27-56(76)4)43-47-69(73)68-46-42-63(50-71(68)70(66)49-62)78(58-30-11-6-12-31-58)74-37-20-17-25-54(74)2/h5-52H,1-4H3. The van der Waals surface area contributed by atoms with Gasteiger partial charge in [-0.05, 0) is 222 Å². The molecule has 0 N–H and O–H groups in total. The highest BCUT2D eigenvalue weighted by molar-refractivity contribution is 6.07. The molecule has 4 heteroatoms. The van der Waals surface area contributed by atoms with Crippen molar-refractivity contribution in [1.82, 2.24) is 0 Å². The average Bonchev–Trinajstić information content (AvgIpc) is 3.67. The average molecular weight is 1030 g/mol. The minimum atomic E-state index is 1.07. The van der Waals surface area contributed by atoms with Gasteiger partial charge in [0.1, 0.15) is 0 Å². The lowest BCUT2D eigenvalue weighted by Crippen LogP contribution is -2.13. The second-order valence-corrected chi connectivity index (χ2v) is 20.8. The van der Waals surface area contributed by atoms with Crippen LogP contribution in [0.4, 0.5) is 68.2 Å². The van der Waals surface area contributed by atoms with Gasteiger partial charge >= 0.3 is 0 Å². The van der Waals surface area contributed by atoms with Gasteiger partial charge in [-0.2, -0.15) is 0 Å². The van der Waals surface area contributed by atoms with Crippen LogP contribution in [0.1, 0.15) is 22.3 Å². The fourth-order valence-corrected chi connectivity index (χ4v) is 11.8. The maximum absolute atomic E-state index is 2.44. The summed E-state index contributed by atoms with van der Waals surface area (Å²) >= 11 is 0. The van der Waals surface area contributed by atoms with Gasteiger partial charge in [0.05, 0.1) is 0 Å². The van der Waals surface area contributed by atoms with E-state index < -0.39 is 0 Å². The summed E-state index contributed by atoms with van der Waals surface area (Å²) in [6, 6.07) is 107. The van der Waals surface area contributed by atoms with Gasteiger partial charge in [0.15, 0.2) is 0 Å². The smallest absolute Gasteiger partial charge is 0.0490 e. The van der Waals surface area contributed by atoms with Crippen LogP contribution in [-0.4, -0.2) is 0 Å². The minimum absolute atomic E-state index is 1.07. The maximum Gasteiger partial charge on any atom is 0.0490 e. The lowest BCUT2D eigenvalue weighted by molar-refractivity contribution is 1.24. The van der Waals surface area contributed by atoms with Crippen molar-refractivity contribution in [3.05, 3.63) is 313 Å². The first-order chi connectivity index (χ1) is 39.4. The Labute approximate surface area is 471 Å². The maximum atomic E-state index is 2.44. The molecule has 0 atom stereocenters. The van der Waals surface area contributed by atoms with Gasteiger partial charge in [0, 0.05) is 68.2 Å². The first kappa shape index (κ1) is 49.4. The van der Waals surface area contributed by atoms with Crippen LogP contribution in [-0.2, 0) is 0 Å². The summed E-state index contributed by atoms with van der Waals surface area (Å²) in [7, 11) is 0. The molecule has 0 saturated heterocycles. The summed E-state index contributed by atoms with van der Waals surface area (Å²) in [5, 5.41) is 0. The van der Waals surface area contributed by atoms with E-state index in [2.05, 4.69) is 338 Å². The molecule has 0 bridgehead atoms. The number of aryl methyl sites for hydroxylation is 4. The summed E-state index contributed by atoms with van der Waals surface area (Å²) < 4.78 is 0. The molecule has 1 aliphatic carbocycles. The molecule has 13 rings (SSSR count). The van der Waals surface area contributed by atoms with Crippen molar-refractivity contribution < 1.29 is 0 Å². The number of hydrogen-bond donors (Lipinski definition) is 0. The highest BCUT2D eigenvalue weighted by Gasteiger charge is 2.29. The number of hydrogen-bond acceptors (Lipinski definition) is 4. The predicted molar refractivity (Wildman–Crippen MR) is 339 cm³/mol. The molecule has 0 amide bonds. The molecular weight excluding hydrogens is 969 g/mol. The predicted octanol–water partition coefficient (Wildman–Crippen LogP) is 21.8. The van der Waals surface area contributed by atoms with Crippen LogP contribution in [0.15, 0.2) is 291 Å². The number of nitrogens with zero attached hydrogens (tertiary/aromatic N) is 4. The third-order valence-electron chi connectivity index (χ3n) is 15.6. The van der Waals surface area contributed by atoms with E-state index in [0.717, 1.165) is 113 Å². The third kappa shape index (κ3) is 9.27. The molecule has 0 heterocycles. The van der Waals surface area contributed by atoms with Crippen molar-refractivity contribution in [2.45, 2.75) is 27.7 Å². The van der Waals surface area contributed by atoms with E-state index in [0.29, 0.717) is 0 Å². The van der Waals surface area contributed by atoms with E-state index in [1.807, 2.05) is 0 Å². The van der Waals surface area contributed by atoms with Crippen LogP contribution in [0.25, 0.3) is 44.5 Å². The van der Waals surface area contributed by atoms with E-state index in [-0.39, 0.29) is 0 Å². The molecule has 80 heavy (non-hydrogen) atoms. The molecule has 1 aliphatic rings. The van der Waals surface area contributed by atoms with Crippen LogP contribution in [0, 0.1) is 27.7 Å². The van der Waals surface area contributed by atoms with E-state index in [1.165, 1.54) is 22.3 Å². The van der Waals surface area contributed by atoms with Crippen LogP contribution in [0.3, 0.4) is 0 Å². The van der Waals surface area contributed by atoms with Gasteiger partial charge < -0.3 is 19.6 Å². The number of rotatable bonds is 12. The second kappa shape index (κ2) is 21.3. The van der Waals surface area contributed by atoms with Crippen LogP contribution in [0.5, 0.6) is 0 Å². The number of fused-ring (bicyclic) bond motifs is 8. The Morgan fingerprint density at radius 3 is 0.725 bits per heavy atom. The quantitative estimate of drug-likeness (QED) is 0.121. The first-order valence-corrected chi connectivity index (χ1v) is 27.6. The van der Waals surface area contributed by atoms with Crippen LogP contribution in [0.2, 0.25) is 0 Å². The van der Waals surface area contributed by atoms with Crippen molar-refractivity contribution in [2.24, 2.45) is 0 Å². The number of anilines is 12. The molecule has 0 fully saturated rings. The minimum Gasteiger partial charge on any atom is -0.310 e. The largest absolute Gasteiger partial charge is 0.310 e. The summed E-state index contributed by atoms with van der Waals surface area (Å²) in [5.74, 6) is 0. The Balaban J connectivity index is 1.13. The Kier molecular flexibility index (Phi) is 13.2. The van der Waals surface area contributed by atoms with Crippen molar-refractivity contribution in [1.29, 1.82) is 0 Å². The zero-order chi connectivity index (χ0) is 54.1. The number of benzene rings is 12. The third-order valence-corrected chi connectivity index (χ3v) is 15.6. The van der Waals surface area contributed by atoms with Crippen molar-refractivity contribution in [2.75, 3.05) is 19.6 Å². The SMILES string of the molecule is Cc1cccc(N(c2ccccc2)c2ccc3c(c2)-c2cc(N(c4ccccc4)c4ccccc4C)ccc2-c2ccc(N(c4ccccc4)c4ccccc4C)cc2-c2cc(N(c4ccccc4)c4ccccc4C)ccc2-3)c1. The highest BCUT2D eigenvalue weighted by atomic mass is 15.2. The van der Waals surface area contributed by atoms with Gasteiger partial charge in [0.25, 0.3) is 0 Å². The molecule has 12 aromatic carbocycles. The van der Waals surface area contributed by atoms with Crippen molar-refractivity contribution in [3.63, 3.8) is 0 Å². The van der Waals surface area contributed by atoms with E-state index in [1.54, 1.807) is 0 Å². The topological polar surface area (TPSA) is 13.0 Å². The Bertz CT molecular complexity index is 4190. The first-order valence-electron chi connectivity index (χ1n) is 27.6. The molecule has 4 nitrogen and oxygen atoms in total.